The predicted molar refractivity (Wildman–Crippen MR) is 222 cm³/mol. The zero-order valence-corrected chi connectivity index (χ0v) is 34.1. The van der Waals surface area contributed by atoms with Gasteiger partial charge in [0, 0.05) is 30.3 Å². The molecule has 0 saturated carbocycles. The first-order valence-corrected chi connectivity index (χ1v) is 20.2. The van der Waals surface area contributed by atoms with Crippen LogP contribution in [0.4, 0.5) is 0 Å². The number of thioether (sulfide) groups is 1. The molecule has 1 fully saturated rings. The SMILES string of the molecule is CO[C@@H](C[C@]1(OC)O[C@H](COCc2ccccc2)[C@@H](OCc2ccccc2)[C@H](OCc2ccccc2)[C@H]1OCc1ccccc1)C(C)(C)Sc1ccc(C)cc1. The van der Waals surface area contributed by atoms with Gasteiger partial charge in [-0.25, -0.2) is 0 Å². The van der Waals surface area contributed by atoms with Crippen LogP contribution >= 0.6 is 11.8 Å². The van der Waals surface area contributed by atoms with Gasteiger partial charge in [0.1, 0.15) is 24.4 Å². The Kier molecular flexibility index (Phi) is 15.3. The van der Waals surface area contributed by atoms with Gasteiger partial charge in [-0.2, -0.15) is 0 Å². The molecule has 5 aromatic carbocycles. The number of hydrogen-bond acceptors (Lipinski definition) is 8. The highest BCUT2D eigenvalue weighted by Crippen LogP contribution is 2.45. The molecule has 8 heteroatoms. The third-order valence-corrected chi connectivity index (χ3v) is 11.6. The number of aryl methyl sites for hydroxylation is 1. The van der Waals surface area contributed by atoms with Gasteiger partial charge in [0.2, 0.25) is 0 Å². The molecule has 0 N–H and O–H groups in total. The fraction of sp³-hybridized carbons (Fsp3) is 0.375. The molecular formula is C48H56O7S. The summed E-state index contributed by atoms with van der Waals surface area (Å²) >= 11 is 1.77. The maximum absolute atomic E-state index is 7.27. The first kappa shape index (κ1) is 41.8. The summed E-state index contributed by atoms with van der Waals surface area (Å²) in [4.78, 5) is 1.15. The Balaban J connectivity index is 1.39. The van der Waals surface area contributed by atoms with Gasteiger partial charge in [0.05, 0.1) is 39.1 Å². The Labute approximate surface area is 337 Å². The van der Waals surface area contributed by atoms with Crippen LogP contribution in [0.3, 0.4) is 0 Å². The molecule has 6 atom stereocenters. The van der Waals surface area contributed by atoms with Crippen molar-refractivity contribution in [1.82, 2.24) is 0 Å². The number of rotatable bonds is 20. The Morgan fingerprint density at radius 3 is 1.55 bits per heavy atom. The van der Waals surface area contributed by atoms with Crippen LogP contribution in [0.5, 0.6) is 0 Å². The second-order valence-electron chi connectivity index (χ2n) is 14.9. The average molecular weight is 777 g/mol. The summed E-state index contributed by atoms with van der Waals surface area (Å²) < 4.78 is 47.3. The molecule has 1 saturated heterocycles. The van der Waals surface area contributed by atoms with Gasteiger partial charge in [-0.3, -0.25) is 0 Å². The fourth-order valence-electron chi connectivity index (χ4n) is 7.18. The molecule has 0 radical (unpaired) electrons. The van der Waals surface area contributed by atoms with Crippen molar-refractivity contribution in [3.8, 4) is 0 Å². The van der Waals surface area contributed by atoms with Crippen LogP contribution in [-0.2, 0) is 59.6 Å². The lowest BCUT2D eigenvalue weighted by molar-refractivity contribution is -0.383. The number of hydrogen-bond donors (Lipinski definition) is 0. The van der Waals surface area contributed by atoms with E-state index < -0.39 is 34.9 Å². The van der Waals surface area contributed by atoms with E-state index in [9.17, 15) is 0 Å². The Morgan fingerprint density at radius 1 is 0.607 bits per heavy atom. The summed E-state index contributed by atoms with van der Waals surface area (Å²) in [6, 6.07) is 49.2. The van der Waals surface area contributed by atoms with Crippen molar-refractivity contribution in [2.45, 2.75) is 99.6 Å². The molecule has 0 spiro atoms. The van der Waals surface area contributed by atoms with Crippen molar-refractivity contribution in [1.29, 1.82) is 0 Å². The van der Waals surface area contributed by atoms with E-state index >= 15 is 0 Å². The fourth-order valence-corrected chi connectivity index (χ4v) is 8.37. The van der Waals surface area contributed by atoms with E-state index in [4.69, 9.17) is 33.2 Å². The summed E-state index contributed by atoms with van der Waals surface area (Å²) in [6.45, 7) is 8.14. The number of ether oxygens (including phenoxy) is 7. The predicted octanol–water partition coefficient (Wildman–Crippen LogP) is 9.99. The van der Waals surface area contributed by atoms with Gasteiger partial charge in [-0.15, -0.1) is 11.8 Å². The minimum absolute atomic E-state index is 0.231. The van der Waals surface area contributed by atoms with Crippen LogP contribution in [0.1, 0.15) is 48.1 Å². The smallest absolute Gasteiger partial charge is 0.200 e. The lowest BCUT2D eigenvalue weighted by Crippen LogP contribution is -2.69. The maximum atomic E-state index is 7.27. The molecule has 0 amide bonds. The highest BCUT2D eigenvalue weighted by molar-refractivity contribution is 8.00. The van der Waals surface area contributed by atoms with Crippen LogP contribution in [0, 0.1) is 6.92 Å². The van der Waals surface area contributed by atoms with E-state index in [2.05, 4.69) is 93.6 Å². The number of methoxy groups -OCH3 is 2. The Morgan fingerprint density at radius 2 is 1.07 bits per heavy atom. The van der Waals surface area contributed by atoms with Gasteiger partial charge in [0.25, 0.3) is 0 Å². The second-order valence-corrected chi connectivity index (χ2v) is 16.6. The summed E-state index contributed by atoms with van der Waals surface area (Å²) in [7, 11) is 3.44. The van der Waals surface area contributed by atoms with E-state index in [1.807, 2.05) is 72.8 Å². The van der Waals surface area contributed by atoms with Gasteiger partial charge in [-0.05, 0) is 55.2 Å². The van der Waals surface area contributed by atoms with Gasteiger partial charge in [0.15, 0.2) is 5.79 Å². The average Bonchev–Trinajstić information content (AvgIpc) is 3.23. The van der Waals surface area contributed by atoms with Crippen molar-refractivity contribution in [3.05, 3.63) is 173 Å². The van der Waals surface area contributed by atoms with E-state index in [1.54, 1.807) is 26.0 Å². The Bertz CT molecular complexity index is 1840. The van der Waals surface area contributed by atoms with Gasteiger partial charge < -0.3 is 33.2 Å². The highest BCUT2D eigenvalue weighted by Gasteiger charge is 2.59. The van der Waals surface area contributed by atoms with Crippen molar-refractivity contribution in [3.63, 3.8) is 0 Å². The molecule has 7 nitrogen and oxygen atoms in total. The third-order valence-electron chi connectivity index (χ3n) is 10.3. The minimum atomic E-state index is -1.32. The normalized spacial score (nSPS) is 21.8. The van der Waals surface area contributed by atoms with Crippen molar-refractivity contribution in [2.75, 3.05) is 20.8 Å². The molecule has 1 heterocycles. The Hall–Kier alpha value is -3.83. The van der Waals surface area contributed by atoms with Crippen molar-refractivity contribution < 1.29 is 33.2 Å². The van der Waals surface area contributed by atoms with Crippen molar-refractivity contribution >= 4 is 11.8 Å². The zero-order chi connectivity index (χ0) is 39.2. The second kappa shape index (κ2) is 20.5. The van der Waals surface area contributed by atoms with Gasteiger partial charge >= 0.3 is 0 Å². The third kappa shape index (κ3) is 11.4. The largest absolute Gasteiger partial charge is 0.380 e. The maximum Gasteiger partial charge on any atom is 0.200 e. The van der Waals surface area contributed by atoms with Crippen LogP contribution < -0.4 is 0 Å². The molecule has 5 aromatic rings. The summed E-state index contributed by atoms with van der Waals surface area (Å²) in [6.07, 6.45) is -2.54. The first-order valence-electron chi connectivity index (χ1n) is 19.4. The first-order chi connectivity index (χ1) is 27.3. The van der Waals surface area contributed by atoms with Crippen LogP contribution in [-0.4, -0.2) is 61.9 Å². The van der Waals surface area contributed by atoms with Gasteiger partial charge in [-0.1, -0.05) is 139 Å². The quantitative estimate of drug-likeness (QED) is 0.0725. The minimum Gasteiger partial charge on any atom is -0.380 e. The summed E-state index contributed by atoms with van der Waals surface area (Å²) in [5.74, 6) is -1.32. The molecule has 0 unspecified atom stereocenters. The van der Waals surface area contributed by atoms with E-state index in [0.717, 1.165) is 27.1 Å². The zero-order valence-electron chi connectivity index (χ0n) is 33.3. The topological polar surface area (TPSA) is 64.6 Å². The summed E-state index contributed by atoms with van der Waals surface area (Å²) in [5, 5.41) is 0. The molecule has 56 heavy (non-hydrogen) atoms. The van der Waals surface area contributed by atoms with Crippen LogP contribution in [0.15, 0.2) is 150 Å². The van der Waals surface area contributed by atoms with Crippen molar-refractivity contribution in [2.24, 2.45) is 0 Å². The van der Waals surface area contributed by atoms with E-state index in [-0.39, 0.29) is 12.7 Å². The van der Waals surface area contributed by atoms with Crippen LogP contribution in [0.2, 0.25) is 0 Å². The standard InChI is InChI=1S/C48H56O7S/c1-36-26-28-41(29-27-36)56-47(2,3)43(49-4)30-48(50-5)46(54-34-40-24-16-9-17-25-40)45(53-33-39-22-14-8-15-23-39)44(52-32-38-20-12-7-13-21-38)42(55-48)35-51-31-37-18-10-6-11-19-37/h6-29,42-46H,30-35H2,1-5H3/t42-,43+,44-,45+,46-,48+/m1/s1. The molecule has 0 bridgehead atoms. The van der Waals surface area contributed by atoms with E-state index in [0.29, 0.717) is 32.8 Å². The molecule has 296 valence electrons. The summed E-state index contributed by atoms with van der Waals surface area (Å²) in [5.41, 5.74) is 5.38. The molecule has 0 aliphatic carbocycles. The highest BCUT2D eigenvalue weighted by atomic mass is 32.2. The lowest BCUT2D eigenvalue weighted by Gasteiger charge is -2.53. The number of benzene rings is 5. The monoisotopic (exact) mass is 776 g/mol. The van der Waals surface area contributed by atoms with E-state index in [1.165, 1.54) is 5.56 Å². The molecule has 6 rings (SSSR count). The molecular weight excluding hydrogens is 721 g/mol. The molecule has 1 aliphatic heterocycles. The van der Waals surface area contributed by atoms with Crippen LogP contribution in [0.25, 0.3) is 0 Å². The molecule has 0 aromatic heterocycles. The lowest BCUT2D eigenvalue weighted by atomic mass is 9.86. The molecule has 1 aliphatic rings.